The molecule has 2 nitrogen and oxygen atoms in total. The highest BCUT2D eigenvalue weighted by molar-refractivity contribution is 9.10. The number of hydrogen-bond acceptors (Lipinski definition) is 2. The van der Waals surface area contributed by atoms with Gasteiger partial charge in [-0.1, -0.05) is 19.4 Å². The normalized spacial score (nSPS) is 20.8. The van der Waals surface area contributed by atoms with Crippen LogP contribution in [-0.2, 0) is 6.42 Å². The fourth-order valence-corrected chi connectivity index (χ4v) is 3.68. The molecule has 0 bridgehead atoms. The van der Waals surface area contributed by atoms with Crippen molar-refractivity contribution in [2.75, 3.05) is 18.0 Å². The van der Waals surface area contributed by atoms with Gasteiger partial charge < -0.3 is 10.6 Å². The summed E-state index contributed by atoms with van der Waals surface area (Å²) < 4.78 is 1.21. The average molecular weight is 325 g/mol. The summed E-state index contributed by atoms with van der Waals surface area (Å²) in [6, 6.07) is 6.91. The molecule has 0 saturated carbocycles. The van der Waals surface area contributed by atoms with Gasteiger partial charge in [-0.2, -0.15) is 0 Å². The van der Waals surface area contributed by atoms with Gasteiger partial charge in [-0.05, 0) is 65.7 Å². The number of halogens is 1. The van der Waals surface area contributed by atoms with Crippen molar-refractivity contribution in [3.8, 4) is 0 Å². The van der Waals surface area contributed by atoms with Crippen molar-refractivity contribution >= 4 is 21.6 Å². The van der Waals surface area contributed by atoms with Gasteiger partial charge in [-0.25, -0.2) is 0 Å². The van der Waals surface area contributed by atoms with Crippen molar-refractivity contribution in [2.45, 2.75) is 45.6 Å². The third-order valence-corrected chi connectivity index (χ3v) is 4.53. The molecular formula is C16H25BrN2. The fraction of sp³-hybridized carbons (Fsp3) is 0.625. The van der Waals surface area contributed by atoms with Crippen LogP contribution in [0, 0.1) is 5.92 Å². The number of nitrogens with zero attached hydrogens (tertiary/aromatic N) is 1. The van der Waals surface area contributed by atoms with E-state index >= 15 is 0 Å². The van der Waals surface area contributed by atoms with Crippen LogP contribution in [0.25, 0.3) is 0 Å². The second kappa shape index (κ2) is 6.76. The predicted molar refractivity (Wildman–Crippen MR) is 86.7 cm³/mol. The SMILES string of the molecule is CCCC1CCN(c2ccc(CC(C)N)cc2Br)C1. The smallest absolute Gasteiger partial charge is 0.0510 e. The first-order valence-electron chi connectivity index (χ1n) is 7.39. The van der Waals surface area contributed by atoms with Gasteiger partial charge in [-0.15, -0.1) is 0 Å². The van der Waals surface area contributed by atoms with E-state index in [9.17, 15) is 0 Å². The first-order chi connectivity index (χ1) is 9.10. The van der Waals surface area contributed by atoms with Gasteiger partial charge in [0, 0.05) is 23.6 Å². The Hall–Kier alpha value is -0.540. The lowest BCUT2D eigenvalue weighted by Gasteiger charge is -2.21. The first-order valence-corrected chi connectivity index (χ1v) is 8.18. The zero-order valence-electron chi connectivity index (χ0n) is 12.0. The van der Waals surface area contributed by atoms with Crippen LogP contribution in [0.3, 0.4) is 0 Å². The Labute approximate surface area is 125 Å². The quantitative estimate of drug-likeness (QED) is 0.888. The van der Waals surface area contributed by atoms with Crippen LogP contribution in [0.15, 0.2) is 22.7 Å². The number of nitrogens with two attached hydrogens (primary N) is 1. The highest BCUT2D eigenvalue weighted by Gasteiger charge is 2.23. The van der Waals surface area contributed by atoms with Gasteiger partial charge in [0.25, 0.3) is 0 Å². The first kappa shape index (κ1) is 14.9. The minimum absolute atomic E-state index is 0.221. The average Bonchev–Trinajstić information content (AvgIpc) is 2.77. The van der Waals surface area contributed by atoms with E-state index in [1.807, 2.05) is 0 Å². The van der Waals surface area contributed by atoms with E-state index in [0.29, 0.717) is 0 Å². The standard InChI is InChI=1S/C16H25BrN2/c1-3-4-13-7-8-19(11-13)16-6-5-14(9-12(2)18)10-15(16)17/h5-6,10,12-13H,3-4,7-9,11,18H2,1-2H3. The number of anilines is 1. The highest BCUT2D eigenvalue weighted by atomic mass is 79.9. The molecule has 1 aromatic carbocycles. The lowest BCUT2D eigenvalue weighted by molar-refractivity contribution is 0.530. The minimum Gasteiger partial charge on any atom is -0.370 e. The van der Waals surface area contributed by atoms with Crippen LogP contribution in [0.1, 0.15) is 38.7 Å². The second-order valence-electron chi connectivity index (χ2n) is 5.86. The Morgan fingerprint density at radius 2 is 2.26 bits per heavy atom. The molecule has 1 fully saturated rings. The van der Waals surface area contributed by atoms with E-state index in [-0.39, 0.29) is 6.04 Å². The van der Waals surface area contributed by atoms with Gasteiger partial charge in [-0.3, -0.25) is 0 Å². The van der Waals surface area contributed by atoms with E-state index < -0.39 is 0 Å². The summed E-state index contributed by atoms with van der Waals surface area (Å²) in [6.45, 7) is 6.73. The Bertz CT molecular complexity index is 417. The maximum Gasteiger partial charge on any atom is 0.0510 e. The maximum atomic E-state index is 5.86. The summed E-state index contributed by atoms with van der Waals surface area (Å²) in [6.07, 6.45) is 4.93. The van der Waals surface area contributed by atoms with E-state index in [2.05, 4.69) is 52.9 Å². The molecule has 0 spiro atoms. The Morgan fingerprint density at radius 3 is 2.89 bits per heavy atom. The minimum atomic E-state index is 0.221. The van der Waals surface area contributed by atoms with Crippen LogP contribution in [0.2, 0.25) is 0 Å². The van der Waals surface area contributed by atoms with Crippen molar-refractivity contribution < 1.29 is 0 Å². The van der Waals surface area contributed by atoms with E-state index in [1.54, 1.807) is 0 Å². The van der Waals surface area contributed by atoms with Gasteiger partial charge in [0.05, 0.1) is 5.69 Å². The van der Waals surface area contributed by atoms with Crippen molar-refractivity contribution in [1.82, 2.24) is 0 Å². The Balaban J connectivity index is 2.05. The number of benzene rings is 1. The Morgan fingerprint density at radius 1 is 1.47 bits per heavy atom. The van der Waals surface area contributed by atoms with Gasteiger partial charge in [0.15, 0.2) is 0 Å². The monoisotopic (exact) mass is 324 g/mol. The van der Waals surface area contributed by atoms with E-state index in [4.69, 9.17) is 5.73 Å². The Kier molecular flexibility index (Phi) is 5.28. The van der Waals surface area contributed by atoms with Gasteiger partial charge >= 0.3 is 0 Å². The van der Waals surface area contributed by atoms with Crippen LogP contribution in [-0.4, -0.2) is 19.1 Å². The predicted octanol–water partition coefficient (Wildman–Crippen LogP) is 3.97. The third kappa shape index (κ3) is 3.96. The molecule has 0 aromatic heterocycles. The molecule has 1 aromatic rings. The van der Waals surface area contributed by atoms with Gasteiger partial charge in [0.2, 0.25) is 0 Å². The molecule has 0 aliphatic carbocycles. The molecule has 2 atom stereocenters. The second-order valence-corrected chi connectivity index (χ2v) is 6.71. The number of rotatable bonds is 5. The summed E-state index contributed by atoms with van der Waals surface area (Å²) in [7, 11) is 0. The molecule has 0 radical (unpaired) electrons. The lowest BCUT2D eigenvalue weighted by atomic mass is 10.0. The zero-order chi connectivity index (χ0) is 13.8. The maximum absolute atomic E-state index is 5.86. The molecule has 2 rings (SSSR count). The summed E-state index contributed by atoms with van der Waals surface area (Å²) in [4.78, 5) is 2.51. The third-order valence-electron chi connectivity index (χ3n) is 3.89. The van der Waals surface area contributed by atoms with E-state index in [1.165, 1.54) is 48.1 Å². The van der Waals surface area contributed by atoms with Crippen LogP contribution in [0.4, 0.5) is 5.69 Å². The molecule has 2 unspecified atom stereocenters. The van der Waals surface area contributed by atoms with Crippen LogP contribution in [0.5, 0.6) is 0 Å². The lowest BCUT2D eigenvalue weighted by Crippen LogP contribution is -2.21. The largest absolute Gasteiger partial charge is 0.370 e. The molecule has 1 heterocycles. The molecule has 1 aliphatic rings. The van der Waals surface area contributed by atoms with Crippen molar-refractivity contribution in [1.29, 1.82) is 0 Å². The number of hydrogen-bond donors (Lipinski definition) is 1. The molecule has 106 valence electrons. The topological polar surface area (TPSA) is 29.3 Å². The van der Waals surface area contributed by atoms with Crippen molar-refractivity contribution in [3.05, 3.63) is 28.2 Å². The zero-order valence-corrected chi connectivity index (χ0v) is 13.6. The summed E-state index contributed by atoms with van der Waals surface area (Å²) in [5.41, 5.74) is 8.52. The fourth-order valence-electron chi connectivity index (χ4n) is 3.00. The summed E-state index contributed by atoms with van der Waals surface area (Å²) >= 11 is 3.72. The van der Waals surface area contributed by atoms with Crippen LogP contribution >= 0.6 is 15.9 Å². The molecule has 2 N–H and O–H groups in total. The molecule has 19 heavy (non-hydrogen) atoms. The van der Waals surface area contributed by atoms with E-state index in [0.717, 1.165) is 12.3 Å². The highest BCUT2D eigenvalue weighted by Crippen LogP contribution is 2.32. The molecule has 1 aliphatic heterocycles. The van der Waals surface area contributed by atoms with Gasteiger partial charge in [0.1, 0.15) is 0 Å². The summed E-state index contributed by atoms with van der Waals surface area (Å²) in [5, 5.41) is 0. The summed E-state index contributed by atoms with van der Waals surface area (Å²) in [5.74, 6) is 0.876. The van der Waals surface area contributed by atoms with Crippen molar-refractivity contribution in [2.24, 2.45) is 11.7 Å². The van der Waals surface area contributed by atoms with Crippen molar-refractivity contribution in [3.63, 3.8) is 0 Å². The van der Waals surface area contributed by atoms with Crippen LogP contribution < -0.4 is 10.6 Å². The molecular weight excluding hydrogens is 300 g/mol. The molecule has 1 saturated heterocycles. The molecule has 0 amide bonds. The molecule has 3 heteroatoms.